The topological polar surface area (TPSA) is 102 Å². The first kappa shape index (κ1) is 10.1. The van der Waals surface area contributed by atoms with E-state index < -0.39 is 34.3 Å². The molecule has 0 amide bonds. The van der Waals surface area contributed by atoms with E-state index in [0.717, 1.165) is 0 Å². The number of nitro groups is 1. The second-order valence-electron chi connectivity index (χ2n) is 2.36. The molecule has 76 valence electrons. The third kappa shape index (κ3) is 1.68. The lowest BCUT2D eigenvalue weighted by Gasteiger charge is -2.02. The fraction of sp³-hybridized carbons (Fsp3) is 0.167. The van der Waals surface area contributed by atoms with E-state index in [1.807, 2.05) is 0 Å². The van der Waals surface area contributed by atoms with Gasteiger partial charge in [-0.3, -0.25) is 0 Å². The highest BCUT2D eigenvalue weighted by molar-refractivity contribution is 5.54. The van der Waals surface area contributed by atoms with Crippen LogP contribution in [0.15, 0.2) is 6.07 Å². The van der Waals surface area contributed by atoms with E-state index >= 15 is 0 Å². The van der Waals surface area contributed by atoms with Gasteiger partial charge in [0.15, 0.2) is 5.75 Å². The average Bonchev–Trinajstić information content (AvgIpc) is 2.08. The van der Waals surface area contributed by atoms with Crippen LogP contribution in [0.5, 0.6) is 5.75 Å². The number of aromatic nitrogens is 1. The molecule has 0 aliphatic rings. The minimum atomic E-state index is -3.04. The van der Waals surface area contributed by atoms with E-state index in [9.17, 15) is 18.9 Å². The largest absolute Gasteiger partial charge is 0.502 e. The number of pyridine rings is 1. The lowest BCUT2D eigenvalue weighted by atomic mass is 10.2. The molecule has 0 spiro atoms. The number of hydrogen-bond acceptors (Lipinski definition) is 5. The summed E-state index contributed by atoms with van der Waals surface area (Å²) in [4.78, 5) is 12.3. The van der Waals surface area contributed by atoms with Crippen molar-refractivity contribution >= 4 is 11.6 Å². The van der Waals surface area contributed by atoms with Gasteiger partial charge in [0.25, 0.3) is 12.2 Å². The summed E-state index contributed by atoms with van der Waals surface area (Å²) in [6.45, 7) is 0. The molecule has 0 unspecified atom stereocenters. The zero-order chi connectivity index (χ0) is 10.9. The summed E-state index contributed by atoms with van der Waals surface area (Å²) in [6.07, 6.45) is -3.04. The van der Waals surface area contributed by atoms with Crippen LogP contribution >= 0.6 is 0 Å². The summed E-state index contributed by atoms with van der Waals surface area (Å²) in [6, 6.07) is 0.482. The Labute approximate surface area is 76.1 Å². The number of alkyl halides is 2. The van der Waals surface area contributed by atoms with Crippen LogP contribution in [-0.2, 0) is 0 Å². The zero-order valence-electron chi connectivity index (χ0n) is 6.65. The molecule has 0 fully saturated rings. The molecule has 0 saturated heterocycles. The highest BCUT2D eigenvalue weighted by atomic mass is 19.3. The van der Waals surface area contributed by atoms with Crippen molar-refractivity contribution in [3.63, 3.8) is 0 Å². The third-order valence-corrected chi connectivity index (χ3v) is 1.46. The number of rotatable bonds is 2. The predicted octanol–water partition coefficient (Wildman–Crippen LogP) is 1.22. The van der Waals surface area contributed by atoms with Gasteiger partial charge in [0, 0.05) is 6.07 Å². The summed E-state index contributed by atoms with van der Waals surface area (Å²) < 4.78 is 24.4. The molecule has 6 nitrogen and oxygen atoms in total. The van der Waals surface area contributed by atoms with Crippen molar-refractivity contribution in [3.8, 4) is 5.75 Å². The molecule has 0 aliphatic heterocycles. The Bertz CT molecular complexity index is 383. The molecule has 0 atom stereocenters. The summed E-state index contributed by atoms with van der Waals surface area (Å²) in [5.74, 6) is -2.43. The molecule has 14 heavy (non-hydrogen) atoms. The molecule has 0 saturated carbocycles. The second kappa shape index (κ2) is 3.40. The predicted molar refractivity (Wildman–Crippen MR) is 41.9 cm³/mol. The van der Waals surface area contributed by atoms with E-state index in [4.69, 9.17) is 10.8 Å². The first-order valence-electron chi connectivity index (χ1n) is 3.35. The monoisotopic (exact) mass is 205 g/mol. The number of halogens is 2. The van der Waals surface area contributed by atoms with Gasteiger partial charge >= 0.3 is 5.82 Å². The average molecular weight is 205 g/mol. The van der Waals surface area contributed by atoms with Gasteiger partial charge in [-0.15, -0.1) is 0 Å². The number of nitrogens with two attached hydrogens (primary N) is 1. The molecule has 3 N–H and O–H groups in total. The van der Waals surface area contributed by atoms with Crippen LogP contribution < -0.4 is 5.73 Å². The van der Waals surface area contributed by atoms with Gasteiger partial charge in [-0.05, 0) is 9.91 Å². The standard InChI is InChI=1S/C6H5F2N3O3/c7-5(8)2-1-3(11(13)14)10-6(9)4(2)12/h1,5,12H,(H2,9,10). The Kier molecular flexibility index (Phi) is 2.45. The van der Waals surface area contributed by atoms with Crippen LogP contribution in [0.25, 0.3) is 0 Å². The Hall–Kier alpha value is -1.99. The molecule has 8 heteroatoms. The van der Waals surface area contributed by atoms with Crippen LogP contribution in [0, 0.1) is 10.1 Å². The van der Waals surface area contributed by atoms with Crippen LogP contribution in [-0.4, -0.2) is 15.0 Å². The fourth-order valence-electron chi connectivity index (χ4n) is 0.824. The maximum absolute atomic E-state index is 12.2. The molecule has 0 bridgehead atoms. The van der Waals surface area contributed by atoms with Gasteiger partial charge in [0.05, 0.1) is 5.56 Å². The summed E-state index contributed by atoms with van der Waals surface area (Å²) in [7, 11) is 0. The summed E-state index contributed by atoms with van der Waals surface area (Å²) in [5.41, 5.74) is 4.10. The van der Waals surface area contributed by atoms with Gasteiger partial charge < -0.3 is 21.0 Å². The van der Waals surface area contributed by atoms with Crippen molar-refractivity contribution in [1.82, 2.24) is 4.98 Å². The van der Waals surface area contributed by atoms with Crippen LogP contribution in [0.4, 0.5) is 20.4 Å². The number of anilines is 1. The molecule has 1 aromatic rings. The minimum absolute atomic E-state index is 0.482. The Morgan fingerprint density at radius 3 is 2.64 bits per heavy atom. The van der Waals surface area contributed by atoms with E-state index in [-0.39, 0.29) is 0 Å². The zero-order valence-corrected chi connectivity index (χ0v) is 6.65. The minimum Gasteiger partial charge on any atom is -0.502 e. The number of hydrogen-bond donors (Lipinski definition) is 2. The van der Waals surface area contributed by atoms with Gasteiger partial charge in [0.1, 0.15) is 0 Å². The van der Waals surface area contributed by atoms with E-state index in [1.54, 1.807) is 0 Å². The van der Waals surface area contributed by atoms with E-state index in [2.05, 4.69) is 4.98 Å². The molecule has 0 radical (unpaired) electrons. The van der Waals surface area contributed by atoms with Crippen molar-refractivity contribution in [3.05, 3.63) is 21.7 Å². The summed E-state index contributed by atoms with van der Waals surface area (Å²) in [5, 5.41) is 19.2. The fourth-order valence-corrected chi connectivity index (χ4v) is 0.824. The number of nitrogens with zero attached hydrogens (tertiary/aromatic N) is 2. The highest BCUT2D eigenvalue weighted by Gasteiger charge is 2.23. The molecule has 0 aromatic carbocycles. The smallest absolute Gasteiger partial charge is 0.366 e. The Balaban J connectivity index is 3.35. The molecule has 0 aliphatic carbocycles. The van der Waals surface area contributed by atoms with Crippen LogP contribution in [0.3, 0.4) is 0 Å². The molecular formula is C6H5F2N3O3. The normalized spacial score (nSPS) is 10.5. The Morgan fingerprint density at radius 2 is 2.21 bits per heavy atom. The quantitative estimate of drug-likeness (QED) is 0.558. The van der Waals surface area contributed by atoms with Gasteiger partial charge in [-0.25, -0.2) is 8.78 Å². The van der Waals surface area contributed by atoms with Gasteiger partial charge in [-0.1, -0.05) is 0 Å². The van der Waals surface area contributed by atoms with Gasteiger partial charge in [-0.2, -0.15) is 0 Å². The maximum Gasteiger partial charge on any atom is 0.366 e. The van der Waals surface area contributed by atoms with E-state index in [0.29, 0.717) is 6.07 Å². The first-order chi connectivity index (χ1) is 6.43. The lowest BCUT2D eigenvalue weighted by Crippen LogP contribution is -2.00. The van der Waals surface area contributed by atoms with Crippen LogP contribution in [0.1, 0.15) is 12.0 Å². The summed E-state index contributed by atoms with van der Waals surface area (Å²) >= 11 is 0. The van der Waals surface area contributed by atoms with Crippen LogP contribution in [0.2, 0.25) is 0 Å². The second-order valence-corrected chi connectivity index (χ2v) is 2.36. The van der Waals surface area contributed by atoms with E-state index in [1.165, 1.54) is 0 Å². The van der Waals surface area contributed by atoms with Crippen molar-refractivity contribution in [2.24, 2.45) is 0 Å². The Morgan fingerprint density at radius 1 is 1.64 bits per heavy atom. The molecule has 1 rings (SSSR count). The molecular weight excluding hydrogens is 200 g/mol. The van der Waals surface area contributed by atoms with Crippen molar-refractivity contribution in [2.45, 2.75) is 6.43 Å². The molecule has 1 heterocycles. The first-order valence-corrected chi connectivity index (χ1v) is 3.35. The lowest BCUT2D eigenvalue weighted by molar-refractivity contribution is -0.389. The molecule has 1 aromatic heterocycles. The number of nitrogen functional groups attached to an aromatic ring is 1. The van der Waals surface area contributed by atoms with Crippen molar-refractivity contribution in [2.75, 3.05) is 5.73 Å². The third-order valence-electron chi connectivity index (χ3n) is 1.46. The van der Waals surface area contributed by atoms with Crippen molar-refractivity contribution in [1.29, 1.82) is 0 Å². The van der Waals surface area contributed by atoms with Crippen molar-refractivity contribution < 1.29 is 18.8 Å². The maximum atomic E-state index is 12.2. The SMILES string of the molecule is Nc1nc([N+](=O)[O-])cc(C(F)F)c1O. The number of aromatic hydroxyl groups is 1. The van der Waals surface area contributed by atoms with Gasteiger partial charge in [0.2, 0.25) is 0 Å². The highest BCUT2D eigenvalue weighted by Crippen LogP contribution is 2.33.